The van der Waals surface area contributed by atoms with E-state index in [4.69, 9.17) is 10.5 Å². The second kappa shape index (κ2) is 8.93. The summed E-state index contributed by atoms with van der Waals surface area (Å²) in [5, 5.41) is 4.43. The smallest absolute Gasteiger partial charge is 0.336 e. The maximum absolute atomic E-state index is 14.8. The number of nitrogens with zero attached hydrogens (tertiary/aromatic N) is 5. The van der Waals surface area contributed by atoms with E-state index in [0.29, 0.717) is 29.2 Å². The van der Waals surface area contributed by atoms with E-state index >= 15 is 0 Å². The van der Waals surface area contributed by atoms with Crippen molar-refractivity contribution < 1.29 is 9.13 Å². The summed E-state index contributed by atoms with van der Waals surface area (Å²) in [6.07, 6.45) is 9.66. The van der Waals surface area contributed by atoms with Crippen molar-refractivity contribution in [3.8, 4) is 6.01 Å². The fourth-order valence-electron chi connectivity index (χ4n) is 4.17. The van der Waals surface area contributed by atoms with Crippen LogP contribution in [0.4, 0.5) is 10.2 Å². The Hall–Kier alpha value is -2.77. The van der Waals surface area contributed by atoms with Gasteiger partial charge < -0.3 is 10.5 Å². The van der Waals surface area contributed by atoms with Crippen LogP contribution in [0.5, 0.6) is 6.01 Å². The third-order valence-electron chi connectivity index (χ3n) is 5.78. The standard InChI is InChI=1S/C22H29FN6O/c1-3-7-14(2)30-22-27-20(24)21-25-13-17(29(21)28-22)12-16-10-11-18(26-19(16)23)15-8-5-4-6-9-15/h10-11,13-15H,3-9,12H2,1-2H3,(H2,24,27,28)/t14-/m0/s1. The van der Waals surface area contributed by atoms with E-state index in [2.05, 4.69) is 27.0 Å². The minimum atomic E-state index is -0.428. The number of rotatable bonds is 7. The van der Waals surface area contributed by atoms with E-state index in [1.165, 1.54) is 19.3 Å². The van der Waals surface area contributed by atoms with Gasteiger partial charge in [-0.2, -0.15) is 9.37 Å². The predicted molar refractivity (Wildman–Crippen MR) is 113 cm³/mol. The van der Waals surface area contributed by atoms with Gasteiger partial charge in [0.05, 0.1) is 18.0 Å². The number of halogens is 1. The Morgan fingerprint density at radius 1 is 1.23 bits per heavy atom. The summed E-state index contributed by atoms with van der Waals surface area (Å²) in [5.74, 6) is 0.180. The second-order valence-corrected chi connectivity index (χ2v) is 8.18. The fourth-order valence-corrected chi connectivity index (χ4v) is 4.17. The molecule has 3 aromatic rings. The highest BCUT2D eigenvalue weighted by Gasteiger charge is 2.19. The molecule has 0 saturated heterocycles. The quantitative estimate of drug-likeness (QED) is 0.577. The number of hydrogen-bond donors (Lipinski definition) is 1. The molecule has 1 fully saturated rings. The van der Waals surface area contributed by atoms with Gasteiger partial charge in [0, 0.05) is 23.6 Å². The highest BCUT2D eigenvalue weighted by molar-refractivity contribution is 5.59. The van der Waals surface area contributed by atoms with E-state index < -0.39 is 5.95 Å². The minimum absolute atomic E-state index is 0.0206. The van der Waals surface area contributed by atoms with Crippen molar-refractivity contribution >= 4 is 11.5 Å². The maximum Gasteiger partial charge on any atom is 0.336 e. The van der Waals surface area contributed by atoms with E-state index in [1.807, 2.05) is 19.1 Å². The Morgan fingerprint density at radius 3 is 2.77 bits per heavy atom. The lowest BCUT2D eigenvalue weighted by Crippen LogP contribution is -2.15. The first-order valence-corrected chi connectivity index (χ1v) is 10.9. The van der Waals surface area contributed by atoms with Crippen molar-refractivity contribution in [2.75, 3.05) is 5.73 Å². The molecule has 30 heavy (non-hydrogen) atoms. The molecule has 0 aliphatic heterocycles. The van der Waals surface area contributed by atoms with Gasteiger partial charge in [0.1, 0.15) is 0 Å². The van der Waals surface area contributed by atoms with Gasteiger partial charge >= 0.3 is 6.01 Å². The summed E-state index contributed by atoms with van der Waals surface area (Å²) >= 11 is 0. The molecule has 0 radical (unpaired) electrons. The summed E-state index contributed by atoms with van der Waals surface area (Å²) in [6.45, 7) is 4.06. The predicted octanol–water partition coefficient (Wildman–Crippen LogP) is 4.45. The average Bonchev–Trinajstić information content (AvgIpc) is 3.13. The Morgan fingerprint density at radius 2 is 2.03 bits per heavy atom. The number of aromatic nitrogens is 5. The zero-order valence-corrected chi connectivity index (χ0v) is 17.6. The van der Waals surface area contributed by atoms with Crippen molar-refractivity contribution in [2.24, 2.45) is 0 Å². The second-order valence-electron chi connectivity index (χ2n) is 8.18. The van der Waals surface area contributed by atoms with Crippen LogP contribution in [0.25, 0.3) is 5.65 Å². The highest BCUT2D eigenvalue weighted by atomic mass is 19.1. The number of hydrogen-bond acceptors (Lipinski definition) is 6. The maximum atomic E-state index is 14.8. The third kappa shape index (κ3) is 4.37. The molecule has 3 heterocycles. The first kappa shape index (κ1) is 20.5. The Kier molecular flexibility index (Phi) is 6.11. The van der Waals surface area contributed by atoms with Crippen LogP contribution in [0, 0.1) is 5.95 Å². The third-order valence-corrected chi connectivity index (χ3v) is 5.78. The monoisotopic (exact) mass is 412 g/mol. The van der Waals surface area contributed by atoms with Gasteiger partial charge in [-0.3, -0.25) is 0 Å². The Balaban J connectivity index is 1.58. The van der Waals surface area contributed by atoms with Crippen LogP contribution in [0.1, 0.15) is 81.7 Å². The largest absolute Gasteiger partial charge is 0.459 e. The van der Waals surface area contributed by atoms with Gasteiger partial charge in [-0.05, 0) is 32.3 Å². The number of ether oxygens (including phenoxy) is 1. The lowest BCUT2D eigenvalue weighted by molar-refractivity contribution is 0.189. The van der Waals surface area contributed by atoms with E-state index in [9.17, 15) is 4.39 Å². The molecule has 1 aliphatic rings. The number of fused-ring (bicyclic) bond motifs is 1. The molecule has 0 aromatic carbocycles. The zero-order chi connectivity index (χ0) is 21.1. The molecular weight excluding hydrogens is 383 g/mol. The molecule has 0 spiro atoms. The Labute approximate surface area is 175 Å². The minimum Gasteiger partial charge on any atom is -0.459 e. The molecular formula is C22H29FN6O. The van der Waals surface area contributed by atoms with Gasteiger partial charge in [0.15, 0.2) is 11.5 Å². The first-order valence-electron chi connectivity index (χ1n) is 10.9. The molecule has 1 saturated carbocycles. The normalized spacial score (nSPS) is 16.1. The van der Waals surface area contributed by atoms with Crippen LogP contribution in [0.15, 0.2) is 18.3 Å². The molecule has 8 heteroatoms. The van der Waals surface area contributed by atoms with Crippen LogP contribution < -0.4 is 10.5 Å². The molecule has 0 bridgehead atoms. The average molecular weight is 413 g/mol. The van der Waals surface area contributed by atoms with Crippen LogP contribution in [0.3, 0.4) is 0 Å². The molecule has 0 unspecified atom stereocenters. The molecule has 160 valence electrons. The topological polar surface area (TPSA) is 91.2 Å². The number of anilines is 1. The fraction of sp³-hybridized carbons (Fsp3) is 0.545. The van der Waals surface area contributed by atoms with Gasteiger partial charge in [-0.25, -0.2) is 14.5 Å². The summed E-state index contributed by atoms with van der Waals surface area (Å²) < 4.78 is 22.2. The van der Waals surface area contributed by atoms with Gasteiger partial charge in [0.2, 0.25) is 5.95 Å². The molecule has 4 rings (SSSR count). The van der Waals surface area contributed by atoms with Crippen molar-refractivity contribution in [2.45, 2.75) is 77.2 Å². The summed E-state index contributed by atoms with van der Waals surface area (Å²) in [6, 6.07) is 3.99. The zero-order valence-electron chi connectivity index (χ0n) is 17.6. The molecule has 7 nitrogen and oxygen atoms in total. The van der Waals surface area contributed by atoms with Crippen LogP contribution in [0.2, 0.25) is 0 Å². The Bertz CT molecular complexity index is 1010. The summed E-state index contributed by atoms with van der Waals surface area (Å²) in [4.78, 5) is 12.8. The van der Waals surface area contributed by atoms with Crippen LogP contribution in [-0.2, 0) is 6.42 Å². The highest BCUT2D eigenvalue weighted by Crippen LogP contribution is 2.32. The lowest BCUT2D eigenvalue weighted by atomic mass is 9.86. The van der Waals surface area contributed by atoms with Crippen molar-refractivity contribution in [3.63, 3.8) is 0 Å². The number of imidazole rings is 1. The molecule has 0 amide bonds. The van der Waals surface area contributed by atoms with Gasteiger partial charge in [-0.1, -0.05) is 38.7 Å². The van der Waals surface area contributed by atoms with Crippen molar-refractivity contribution in [1.29, 1.82) is 0 Å². The number of pyridine rings is 1. The molecule has 1 atom stereocenters. The van der Waals surface area contributed by atoms with E-state index in [1.54, 1.807) is 10.7 Å². The molecule has 2 N–H and O–H groups in total. The van der Waals surface area contributed by atoms with Crippen molar-refractivity contribution in [3.05, 3.63) is 41.2 Å². The summed E-state index contributed by atoms with van der Waals surface area (Å²) in [5.41, 5.74) is 8.56. The van der Waals surface area contributed by atoms with Crippen LogP contribution >= 0.6 is 0 Å². The number of nitrogen functional groups attached to an aromatic ring is 1. The van der Waals surface area contributed by atoms with Crippen LogP contribution in [-0.4, -0.2) is 30.7 Å². The van der Waals surface area contributed by atoms with E-state index in [-0.39, 0.29) is 17.9 Å². The summed E-state index contributed by atoms with van der Waals surface area (Å²) in [7, 11) is 0. The van der Waals surface area contributed by atoms with Crippen molar-refractivity contribution in [1.82, 2.24) is 24.6 Å². The van der Waals surface area contributed by atoms with Gasteiger partial charge in [0.25, 0.3) is 0 Å². The van der Waals surface area contributed by atoms with Gasteiger partial charge in [-0.15, -0.1) is 5.10 Å². The molecule has 3 aromatic heterocycles. The number of nitrogens with two attached hydrogens (primary N) is 1. The molecule has 1 aliphatic carbocycles. The lowest BCUT2D eigenvalue weighted by Gasteiger charge is -2.21. The first-order chi connectivity index (χ1) is 14.5. The van der Waals surface area contributed by atoms with E-state index in [0.717, 1.165) is 31.4 Å². The SMILES string of the molecule is CCC[C@H](C)Oc1nc(N)c2ncc(Cc3ccc(C4CCCCC4)nc3F)n2n1.